The van der Waals surface area contributed by atoms with Crippen LogP contribution in [0.3, 0.4) is 0 Å². The predicted molar refractivity (Wildman–Crippen MR) is 571 cm³/mol. The lowest BCUT2D eigenvalue weighted by atomic mass is 9.91. The molecule has 16 N–H and O–H groups in total. The summed E-state index contributed by atoms with van der Waals surface area (Å²) < 4.78 is 128. The van der Waals surface area contributed by atoms with E-state index in [1.54, 1.807) is 116 Å². The van der Waals surface area contributed by atoms with Crippen molar-refractivity contribution < 1.29 is 66.4 Å². The van der Waals surface area contributed by atoms with Crippen molar-refractivity contribution >= 4 is 186 Å². The number of rotatable bonds is 33. The maximum absolute atomic E-state index is 14.0. The number of nitrogens with zero attached hydrogens (tertiary/aromatic N) is 7. The van der Waals surface area contributed by atoms with Gasteiger partial charge in [0.15, 0.2) is 0 Å². The molecule has 10 aromatic heterocycles. The number of sulfonamides is 4. The highest BCUT2D eigenvalue weighted by Gasteiger charge is 2.23. The summed E-state index contributed by atoms with van der Waals surface area (Å²) in [6, 6.07) is 58.4. The molecule has 0 spiro atoms. The molecule has 16 rings (SSSR count). The number of benzene rings is 5. The minimum absolute atomic E-state index is 0.00991. The van der Waals surface area contributed by atoms with Gasteiger partial charge in [0, 0.05) is 104 Å². The Morgan fingerprint density at radius 3 is 1.04 bits per heavy atom. The van der Waals surface area contributed by atoms with Gasteiger partial charge in [-0.1, -0.05) is 73.5 Å². The first kappa shape index (κ1) is 108. The normalized spacial score (nSPS) is 12.0. The number of aryl methyl sites for hydroxylation is 1. The van der Waals surface area contributed by atoms with Gasteiger partial charge in [-0.15, -0.1) is 56.7 Å². The Balaban J connectivity index is 0.000000160. The lowest BCUT2D eigenvalue weighted by Crippen LogP contribution is -2.27. The number of piperidine rings is 1. The van der Waals surface area contributed by atoms with E-state index in [2.05, 4.69) is 84.5 Å². The minimum Gasteiger partial charge on any atom is -0.384 e. The number of nitrogens with two attached hydrogens (primary N) is 4. The van der Waals surface area contributed by atoms with Gasteiger partial charge in [-0.25, -0.2) is 71.6 Å². The number of nitrogen functional groups attached to an aromatic ring is 4. The monoisotopic (exact) mass is 2110 g/mol. The van der Waals surface area contributed by atoms with Gasteiger partial charge in [-0.3, -0.25) is 33.4 Å². The SMILES string of the molecule is CN(C)S(=O)(=O)c1cccc(CC(=O)Nc2cc(-c3ccnc(F)c3)cs2)c1.CN(C)S(=O)(=O)c1cccc(CC(=O)Nc2cc(-c3ccnc(N)c3)cs2)c1.CS(=O)(=O)Nc1ccc(F)c(CC(=O)Nc2cc(-c3ccnc(N)c3)cs2)c1.CS(=O)(=O)Nc1cccc(CC(=O)Nc2cc(-c3ccnc(N)c3)cs2)c1.Nc1cc(-c2csc(NC(=O)Cc3cccc(CCCCC4CCNCC4)c3)c2)ccn1. The number of pyridine rings is 5. The van der Waals surface area contributed by atoms with Crippen LogP contribution in [-0.4, -0.2) is 151 Å². The fraction of sp³-hybridized carbons (Fsp3) is 0.200. The summed E-state index contributed by atoms with van der Waals surface area (Å²) in [6.45, 7) is 2.36. The second-order valence-corrected chi connectivity index (χ2v) is 45.6. The van der Waals surface area contributed by atoms with Crippen LogP contribution in [0.25, 0.3) is 55.6 Å². The average molecular weight is 2110 g/mol. The molecule has 43 heteroatoms. The highest BCUT2D eigenvalue weighted by atomic mass is 32.2. The zero-order valence-corrected chi connectivity index (χ0v) is 85.7. The molecule has 1 aliphatic rings. The Hall–Kier alpha value is -14.0. The molecule has 11 heterocycles. The zero-order valence-electron chi connectivity index (χ0n) is 78.4. The van der Waals surface area contributed by atoms with E-state index in [4.69, 9.17) is 22.9 Å². The van der Waals surface area contributed by atoms with Crippen molar-refractivity contribution in [3.63, 3.8) is 0 Å². The summed E-state index contributed by atoms with van der Waals surface area (Å²) in [5.74, 6) is 0.417. The van der Waals surface area contributed by atoms with E-state index < -0.39 is 57.8 Å². The molecule has 0 atom stereocenters. The summed E-state index contributed by atoms with van der Waals surface area (Å²) >= 11 is 6.99. The lowest BCUT2D eigenvalue weighted by molar-refractivity contribution is -0.116. The number of thiophene rings is 5. The number of amides is 5. The summed E-state index contributed by atoms with van der Waals surface area (Å²) in [5.41, 5.74) is 36.9. The molecule has 15 aromatic rings. The fourth-order valence-corrected chi connectivity index (χ4v) is 21.7. The van der Waals surface area contributed by atoms with Gasteiger partial charge in [-0.05, 0) is 273 Å². The smallest absolute Gasteiger partial charge is 0.242 e. The van der Waals surface area contributed by atoms with Gasteiger partial charge in [-0.2, -0.15) is 4.39 Å². The van der Waals surface area contributed by atoms with Crippen LogP contribution in [0.4, 0.5) is 68.4 Å². The lowest BCUT2D eigenvalue weighted by Gasteiger charge is -2.22. The molecular weight excluding hydrogens is 2000 g/mol. The van der Waals surface area contributed by atoms with Crippen molar-refractivity contribution in [1.29, 1.82) is 0 Å². The van der Waals surface area contributed by atoms with Gasteiger partial charge in [0.25, 0.3) is 0 Å². The first-order chi connectivity index (χ1) is 68.1. The van der Waals surface area contributed by atoms with Crippen LogP contribution in [0.15, 0.2) is 274 Å². The average Bonchev–Trinajstić information content (AvgIpc) is 1.78. The molecule has 143 heavy (non-hydrogen) atoms. The fourth-order valence-electron chi connectivity index (χ4n) is 14.5. The number of anilines is 11. The van der Waals surface area contributed by atoms with E-state index >= 15 is 0 Å². The second-order valence-electron chi connectivity index (χ2n) is 33.3. The Labute approximate surface area is 848 Å². The van der Waals surface area contributed by atoms with E-state index in [1.807, 2.05) is 75.4 Å². The van der Waals surface area contributed by atoms with Gasteiger partial charge >= 0.3 is 0 Å². The summed E-state index contributed by atoms with van der Waals surface area (Å²) in [6.07, 6.45) is 18.0. The minimum atomic E-state index is -3.56. The molecular formula is C100H105F2N19O13S9. The van der Waals surface area contributed by atoms with E-state index in [-0.39, 0.29) is 70.4 Å². The zero-order chi connectivity index (χ0) is 103. The number of nitrogens with one attached hydrogen (secondary N) is 8. The number of aromatic nitrogens is 5. The van der Waals surface area contributed by atoms with Crippen molar-refractivity contribution in [2.24, 2.45) is 5.92 Å². The van der Waals surface area contributed by atoms with Gasteiger partial charge in [0.2, 0.25) is 75.6 Å². The molecule has 0 saturated carbocycles. The highest BCUT2D eigenvalue weighted by Crippen LogP contribution is 2.36. The highest BCUT2D eigenvalue weighted by molar-refractivity contribution is 7.92. The van der Waals surface area contributed by atoms with Crippen molar-refractivity contribution in [3.8, 4) is 55.6 Å². The standard InChI is InChI=1S/C26H32N4OS.C19H18FN3O3S2.C19H20N4O3S2.C18H17FN4O3S2.C18H18N4O3S2/c27-24-16-22(10-13-29-24)23-17-26(32-18-23)30-25(31)15-21-7-3-6-20(14-21)5-2-1-4-19-8-11-28-12-9-19;2*1-23(2)28(25,26)16-5-3-4-13(8-16)9-18(24)22-19-11-15(12-27-19)14-6-7-21-17(20)10-14;1-28(25,26)23-14-2-3-15(19)12(6-14)8-17(24)22-18-9-13(10-27-18)11-4-5-21-16(20)7-11;1-27(24,25)22-15-4-2-3-12(7-15)8-17(23)21-18-10-14(11-26-18)13-5-6-20-16(19)9-13/h3,6-7,10,13-14,16-19,28H,1-2,4-5,8-9,11-12,15H2,(H2,27,29)(H,30,31);3-8,10-12H,9H2,1-2H3,(H,22,24);3-8,10-12H,9H2,1-2H3,(H2,20,21)(H,22,24);2-7,9-10,23H,8H2,1H3,(H2,20,21)(H,22,24);2-7,9-11,22H,8H2,1H3,(H2,19,20)(H,21,23). The van der Waals surface area contributed by atoms with Crippen LogP contribution in [0, 0.1) is 17.7 Å². The molecule has 0 aliphatic carbocycles. The van der Waals surface area contributed by atoms with Crippen LogP contribution >= 0.6 is 56.7 Å². The molecule has 5 aromatic carbocycles. The molecule has 1 fully saturated rings. The number of hydrogen-bond acceptors (Lipinski definition) is 28. The first-order valence-corrected chi connectivity index (χ1v) is 55.3. The van der Waals surface area contributed by atoms with E-state index in [0.717, 1.165) is 105 Å². The van der Waals surface area contributed by atoms with Crippen LogP contribution in [-0.2, 0) is 103 Å². The van der Waals surface area contributed by atoms with Gasteiger partial charge < -0.3 is 54.8 Å². The van der Waals surface area contributed by atoms with Gasteiger partial charge in [0.05, 0.1) is 79.4 Å². The maximum Gasteiger partial charge on any atom is 0.242 e. The first-order valence-electron chi connectivity index (χ1n) is 44.2. The Bertz CT molecular complexity index is 7300. The molecule has 1 aliphatic heterocycles. The molecule has 5 amide bonds. The molecule has 0 bridgehead atoms. The molecule has 0 unspecified atom stereocenters. The number of carbonyl (C=O) groups is 5. The van der Waals surface area contributed by atoms with E-state index in [0.29, 0.717) is 72.6 Å². The van der Waals surface area contributed by atoms with Crippen molar-refractivity contribution in [2.45, 2.75) is 80.4 Å². The third-order valence-electron chi connectivity index (χ3n) is 21.3. The number of carbonyl (C=O) groups excluding carboxylic acids is 5. The summed E-state index contributed by atoms with van der Waals surface area (Å²) in [4.78, 5) is 81.6. The molecule has 0 radical (unpaired) electrons. The topological polar surface area (TPSA) is 493 Å². The Morgan fingerprint density at radius 2 is 0.685 bits per heavy atom. The largest absolute Gasteiger partial charge is 0.384 e. The van der Waals surface area contributed by atoms with Crippen molar-refractivity contribution in [2.75, 3.05) is 113 Å². The maximum atomic E-state index is 14.0. The van der Waals surface area contributed by atoms with E-state index in [9.17, 15) is 66.4 Å². The molecule has 32 nitrogen and oxygen atoms in total. The van der Waals surface area contributed by atoms with Crippen molar-refractivity contribution in [3.05, 3.63) is 309 Å². The van der Waals surface area contributed by atoms with Crippen LogP contribution in [0.1, 0.15) is 65.5 Å². The number of hydrogen-bond donors (Lipinski definition) is 12. The third-order valence-corrected chi connectivity index (χ3v) is 30.4. The second kappa shape index (κ2) is 50.6. The quantitative estimate of drug-likeness (QED) is 0.0134. The van der Waals surface area contributed by atoms with Gasteiger partial charge in [0.1, 0.15) is 29.1 Å². The Kier molecular flexibility index (Phi) is 38.2. The van der Waals surface area contributed by atoms with E-state index in [1.165, 1.54) is 184 Å². The number of halogens is 2. The third kappa shape index (κ3) is 34.4. The molecule has 746 valence electrons. The number of unbranched alkanes of at least 4 members (excludes halogenated alkanes) is 1. The van der Waals surface area contributed by atoms with Crippen LogP contribution in [0.5, 0.6) is 0 Å². The van der Waals surface area contributed by atoms with Crippen LogP contribution in [0.2, 0.25) is 0 Å². The van der Waals surface area contributed by atoms with Crippen molar-refractivity contribution in [1.82, 2.24) is 38.8 Å². The Morgan fingerprint density at radius 1 is 0.364 bits per heavy atom. The predicted octanol–water partition coefficient (Wildman–Crippen LogP) is 17.5. The van der Waals surface area contributed by atoms with Crippen LogP contribution < -0.4 is 64.3 Å². The summed E-state index contributed by atoms with van der Waals surface area (Å²) in [7, 11) is -8.09. The summed E-state index contributed by atoms with van der Waals surface area (Å²) in [5, 5.41) is 30.7. The molecule has 1 saturated heterocycles.